The molecule has 0 amide bonds. The molecule has 0 saturated carbocycles. The van der Waals surface area contributed by atoms with Gasteiger partial charge in [0.05, 0.1) is 13.2 Å². The summed E-state index contributed by atoms with van der Waals surface area (Å²) >= 11 is 0. The van der Waals surface area contributed by atoms with Crippen LogP contribution >= 0.6 is 0 Å². The van der Waals surface area contributed by atoms with Crippen LogP contribution in [0.25, 0.3) is 0 Å². The summed E-state index contributed by atoms with van der Waals surface area (Å²) in [5.41, 5.74) is 2.56. The lowest BCUT2D eigenvalue weighted by Crippen LogP contribution is -2.10. The van der Waals surface area contributed by atoms with E-state index in [4.69, 9.17) is 9.47 Å². The molecule has 0 atom stereocenters. The first kappa shape index (κ1) is 8.73. The zero-order chi connectivity index (χ0) is 9.10. The number of rotatable bonds is 2. The minimum absolute atomic E-state index is 0.0253. The molecule has 1 aromatic carbocycles. The molecule has 13 heavy (non-hydrogen) atoms. The lowest BCUT2D eigenvalue weighted by molar-refractivity contribution is -0.0399. The van der Waals surface area contributed by atoms with Crippen LogP contribution in [0, 0.1) is 6.92 Å². The van der Waals surface area contributed by atoms with Crippen LogP contribution in [0.2, 0.25) is 0 Å². The van der Waals surface area contributed by atoms with E-state index >= 15 is 0 Å². The van der Waals surface area contributed by atoms with E-state index in [2.05, 4.69) is 31.2 Å². The molecule has 1 heterocycles. The maximum Gasteiger partial charge on any atom is 0.161 e. The highest BCUT2D eigenvalue weighted by Gasteiger charge is 2.15. The zero-order valence-electron chi connectivity index (χ0n) is 7.82. The normalized spacial score (nSPS) is 17.9. The molecule has 2 nitrogen and oxygen atoms in total. The van der Waals surface area contributed by atoms with E-state index < -0.39 is 0 Å². The third-order valence-corrected chi connectivity index (χ3v) is 2.21. The quantitative estimate of drug-likeness (QED) is 0.688. The number of ether oxygens (including phenoxy) is 2. The Morgan fingerprint density at radius 3 is 2.38 bits per heavy atom. The Kier molecular flexibility index (Phi) is 2.62. The predicted molar refractivity (Wildman–Crippen MR) is 50.6 cm³/mol. The van der Waals surface area contributed by atoms with Crippen LogP contribution in [0.1, 0.15) is 11.1 Å². The molecule has 0 bridgehead atoms. The second-order valence-corrected chi connectivity index (χ2v) is 3.36. The largest absolute Gasteiger partial charge is 0.350 e. The Labute approximate surface area is 78.5 Å². The fraction of sp³-hybridized carbons (Fsp3) is 0.455. The van der Waals surface area contributed by atoms with Crippen LogP contribution in [-0.4, -0.2) is 19.5 Å². The van der Waals surface area contributed by atoms with Crippen molar-refractivity contribution in [2.45, 2.75) is 19.6 Å². The number of aryl methyl sites for hydroxylation is 1. The van der Waals surface area contributed by atoms with E-state index in [1.807, 2.05) is 0 Å². The minimum Gasteiger partial charge on any atom is -0.350 e. The molecule has 2 heteroatoms. The van der Waals surface area contributed by atoms with Gasteiger partial charge in [-0.15, -0.1) is 0 Å². The fourth-order valence-corrected chi connectivity index (χ4v) is 1.44. The van der Waals surface area contributed by atoms with Gasteiger partial charge >= 0.3 is 0 Å². The first-order valence-corrected chi connectivity index (χ1v) is 4.63. The standard InChI is InChI=1S/C11H14O2/c1-9-2-4-10(5-3-9)8-11-12-6-7-13-11/h2-5,11H,6-8H2,1H3. The number of hydrogen-bond donors (Lipinski definition) is 0. The van der Waals surface area contributed by atoms with E-state index in [-0.39, 0.29) is 6.29 Å². The van der Waals surface area contributed by atoms with E-state index in [1.54, 1.807) is 0 Å². The van der Waals surface area contributed by atoms with Crippen molar-refractivity contribution in [1.29, 1.82) is 0 Å². The summed E-state index contributed by atoms with van der Waals surface area (Å²) in [6.07, 6.45) is 0.836. The molecule has 1 aromatic rings. The molecule has 1 aliphatic rings. The molecule has 0 unspecified atom stereocenters. The second kappa shape index (κ2) is 3.90. The van der Waals surface area contributed by atoms with E-state index in [0.717, 1.165) is 19.6 Å². The molecule has 0 spiro atoms. The Morgan fingerprint density at radius 2 is 1.77 bits per heavy atom. The van der Waals surface area contributed by atoms with Crippen molar-refractivity contribution >= 4 is 0 Å². The van der Waals surface area contributed by atoms with Crippen molar-refractivity contribution in [3.05, 3.63) is 35.4 Å². The van der Waals surface area contributed by atoms with Crippen LogP contribution in [0.5, 0.6) is 0 Å². The van der Waals surface area contributed by atoms with Crippen LogP contribution in [0.3, 0.4) is 0 Å². The van der Waals surface area contributed by atoms with Crippen LogP contribution < -0.4 is 0 Å². The highest BCUT2D eigenvalue weighted by Crippen LogP contribution is 2.12. The number of hydrogen-bond acceptors (Lipinski definition) is 2. The molecule has 2 rings (SSSR count). The molecule has 1 fully saturated rings. The van der Waals surface area contributed by atoms with Crippen molar-refractivity contribution in [2.75, 3.05) is 13.2 Å². The topological polar surface area (TPSA) is 18.5 Å². The molecule has 1 saturated heterocycles. The first-order chi connectivity index (χ1) is 6.34. The fourth-order valence-electron chi connectivity index (χ4n) is 1.44. The third kappa shape index (κ3) is 2.29. The monoisotopic (exact) mass is 178 g/mol. The third-order valence-electron chi connectivity index (χ3n) is 2.21. The Hall–Kier alpha value is -0.860. The average Bonchev–Trinajstić information content (AvgIpc) is 2.62. The van der Waals surface area contributed by atoms with E-state index in [1.165, 1.54) is 11.1 Å². The number of benzene rings is 1. The molecule has 1 aliphatic heterocycles. The average molecular weight is 178 g/mol. The Bertz CT molecular complexity index is 260. The molecule has 0 aliphatic carbocycles. The van der Waals surface area contributed by atoms with Gasteiger partial charge < -0.3 is 9.47 Å². The van der Waals surface area contributed by atoms with Crippen molar-refractivity contribution in [3.8, 4) is 0 Å². The highest BCUT2D eigenvalue weighted by molar-refractivity contribution is 5.21. The second-order valence-electron chi connectivity index (χ2n) is 3.36. The molecular weight excluding hydrogens is 164 g/mol. The van der Waals surface area contributed by atoms with Crippen molar-refractivity contribution in [2.24, 2.45) is 0 Å². The van der Waals surface area contributed by atoms with Crippen LogP contribution in [0.4, 0.5) is 0 Å². The summed E-state index contributed by atoms with van der Waals surface area (Å²) in [4.78, 5) is 0. The zero-order valence-corrected chi connectivity index (χ0v) is 7.82. The van der Waals surface area contributed by atoms with Gasteiger partial charge in [0, 0.05) is 6.42 Å². The van der Waals surface area contributed by atoms with Gasteiger partial charge in [-0.25, -0.2) is 0 Å². The van der Waals surface area contributed by atoms with Crippen molar-refractivity contribution in [1.82, 2.24) is 0 Å². The molecule has 70 valence electrons. The molecule has 0 aromatic heterocycles. The summed E-state index contributed by atoms with van der Waals surface area (Å²) in [5, 5.41) is 0. The summed E-state index contributed by atoms with van der Waals surface area (Å²) < 4.78 is 10.7. The van der Waals surface area contributed by atoms with Crippen LogP contribution in [0.15, 0.2) is 24.3 Å². The SMILES string of the molecule is Cc1ccc(CC2OCCO2)cc1. The van der Waals surface area contributed by atoms with E-state index in [0.29, 0.717) is 0 Å². The van der Waals surface area contributed by atoms with Gasteiger partial charge in [0.1, 0.15) is 0 Å². The molecular formula is C11H14O2. The van der Waals surface area contributed by atoms with Gasteiger partial charge in [-0.05, 0) is 12.5 Å². The Balaban J connectivity index is 1.97. The van der Waals surface area contributed by atoms with Gasteiger partial charge in [-0.2, -0.15) is 0 Å². The van der Waals surface area contributed by atoms with Gasteiger partial charge in [0.15, 0.2) is 6.29 Å². The van der Waals surface area contributed by atoms with Crippen molar-refractivity contribution < 1.29 is 9.47 Å². The predicted octanol–water partition coefficient (Wildman–Crippen LogP) is 1.91. The van der Waals surface area contributed by atoms with Gasteiger partial charge in [0.2, 0.25) is 0 Å². The van der Waals surface area contributed by atoms with E-state index in [9.17, 15) is 0 Å². The minimum atomic E-state index is -0.0253. The summed E-state index contributed by atoms with van der Waals surface area (Å²) in [6, 6.07) is 8.48. The molecule has 0 radical (unpaired) electrons. The van der Waals surface area contributed by atoms with Gasteiger partial charge in [-0.3, -0.25) is 0 Å². The smallest absolute Gasteiger partial charge is 0.161 e. The maximum atomic E-state index is 5.36. The van der Waals surface area contributed by atoms with Gasteiger partial charge in [0.25, 0.3) is 0 Å². The van der Waals surface area contributed by atoms with Crippen molar-refractivity contribution in [3.63, 3.8) is 0 Å². The summed E-state index contributed by atoms with van der Waals surface area (Å²) in [6.45, 7) is 3.55. The first-order valence-electron chi connectivity index (χ1n) is 4.63. The maximum absolute atomic E-state index is 5.36. The van der Waals surface area contributed by atoms with Gasteiger partial charge in [-0.1, -0.05) is 29.8 Å². The highest BCUT2D eigenvalue weighted by atomic mass is 16.7. The summed E-state index contributed by atoms with van der Waals surface area (Å²) in [5.74, 6) is 0. The lowest BCUT2D eigenvalue weighted by atomic mass is 10.1. The Morgan fingerprint density at radius 1 is 1.15 bits per heavy atom. The summed E-state index contributed by atoms with van der Waals surface area (Å²) in [7, 11) is 0. The van der Waals surface area contributed by atoms with Crippen LogP contribution in [-0.2, 0) is 15.9 Å². The molecule has 0 N–H and O–H groups in total. The lowest BCUT2D eigenvalue weighted by Gasteiger charge is -2.08.